The lowest BCUT2D eigenvalue weighted by Crippen LogP contribution is -2.03. The number of imidazole rings is 1. The molecule has 0 unspecified atom stereocenters. The molecule has 0 radical (unpaired) electrons. The smallest absolute Gasteiger partial charge is 0.259 e. The lowest BCUT2D eigenvalue weighted by molar-refractivity contribution is -0.385. The first-order valence-corrected chi connectivity index (χ1v) is 4.12. The summed E-state index contributed by atoms with van der Waals surface area (Å²) in [5.41, 5.74) is -0.206. The van der Waals surface area contributed by atoms with Crippen LogP contribution < -0.4 is 0 Å². The second-order valence-electron chi connectivity index (χ2n) is 2.73. The molecule has 0 saturated heterocycles. The van der Waals surface area contributed by atoms with E-state index in [1.165, 1.54) is 17.0 Å². The fraction of sp³-hybridized carbons (Fsp3) is 0. The molecule has 16 heavy (non-hydrogen) atoms. The minimum Gasteiger partial charge on any atom is -0.259 e. The molecule has 8 nitrogen and oxygen atoms in total. The molecule has 0 amide bonds. The van der Waals surface area contributed by atoms with Crippen molar-refractivity contribution >= 4 is 5.69 Å². The zero-order chi connectivity index (χ0) is 11.5. The van der Waals surface area contributed by atoms with E-state index in [1.54, 1.807) is 0 Å². The largest absolute Gasteiger partial charge is 0.305 e. The third-order valence-electron chi connectivity index (χ3n) is 1.79. The zero-order valence-electron chi connectivity index (χ0n) is 7.81. The molecule has 0 fully saturated rings. The van der Waals surface area contributed by atoms with Gasteiger partial charge in [-0.25, -0.2) is 15.0 Å². The van der Waals surface area contributed by atoms with Gasteiger partial charge in [0.1, 0.15) is 18.5 Å². The van der Waals surface area contributed by atoms with Crippen molar-refractivity contribution in [1.29, 1.82) is 5.26 Å². The molecule has 2 aromatic heterocycles. The van der Waals surface area contributed by atoms with Crippen LogP contribution in [0.3, 0.4) is 0 Å². The van der Waals surface area contributed by atoms with Crippen LogP contribution >= 0.6 is 0 Å². The highest BCUT2D eigenvalue weighted by atomic mass is 16.6. The first kappa shape index (κ1) is 9.72. The maximum absolute atomic E-state index is 10.4. The Kier molecular flexibility index (Phi) is 2.27. The van der Waals surface area contributed by atoms with E-state index in [9.17, 15) is 10.1 Å². The van der Waals surface area contributed by atoms with Gasteiger partial charge in [0.2, 0.25) is 11.8 Å². The molecular weight excluding hydrogens is 212 g/mol. The summed E-state index contributed by atoms with van der Waals surface area (Å²) in [7, 11) is 0. The standard InChI is InChI=1S/C8H4N6O2/c9-3-7-10-1-2-13(7)8-11-4-6(5-12-8)14(15)16/h1-2,4-5H. The Bertz CT molecular complexity index is 567. The summed E-state index contributed by atoms with van der Waals surface area (Å²) < 4.78 is 1.34. The van der Waals surface area contributed by atoms with Crippen molar-refractivity contribution in [3.8, 4) is 12.0 Å². The maximum Gasteiger partial charge on any atom is 0.305 e. The van der Waals surface area contributed by atoms with E-state index in [1.807, 2.05) is 6.07 Å². The van der Waals surface area contributed by atoms with Crippen molar-refractivity contribution in [1.82, 2.24) is 19.5 Å². The van der Waals surface area contributed by atoms with Crippen LogP contribution in [-0.4, -0.2) is 24.4 Å². The summed E-state index contributed by atoms with van der Waals surface area (Å²) >= 11 is 0. The topological polar surface area (TPSA) is 111 Å². The summed E-state index contributed by atoms with van der Waals surface area (Å²) in [5.74, 6) is 0.286. The molecule has 0 aromatic carbocycles. The van der Waals surface area contributed by atoms with E-state index in [-0.39, 0.29) is 17.5 Å². The predicted octanol–water partition coefficient (Wildman–Crippen LogP) is 0.442. The Labute approximate surface area is 89.0 Å². The van der Waals surface area contributed by atoms with Crippen molar-refractivity contribution in [3.63, 3.8) is 0 Å². The molecule has 2 rings (SSSR count). The Balaban J connectivity index is 2.43. The van der Waals surface area contributed by atoms with Gasteiger partial charge < -0.3 is 0 Å². The molecule has 0 N–H and O–H groups in total. The van der Waals surface area contributed by atoms with Crippen LogP contribution in [0.1, 0.15) is 5.82 Å². The third kappa shape index (κ3) is 1.57. The van der Waals surface area contributed by atoms with Gasteiger partial charge in [-0.1, -0.05) is 0 Å². The lowest BCUT2D eigenvalue weighted by atomic mass is 10.5. The van der Waals surface area contributed by atoms with Gasteiger partial charge in [-0.05, 0) is 0 Å². The molecule has 0 atom stereocenters. The maximum atomic E-state index is 10.4. The highest BCUT2D eigenvalue weighted by Gasteiger charge is 2.10. The van der Waals surface area contributed by atoms with Crippen LogP contribution in [0.2, 0.25) is 0 Å². The lowest BCUT2D eigenvalue weighted by Gasteiger charge is -1.99. The molecular formula is C8H4N6O2. The second-order valence-corrected chi connectivity index (χ2v) is 2.73. The van der Waals surface area contributed by atoms with Gasteiger partial charge >= 0.3 is 5.69 Å². The summed E-state index contributed by atoms with van der Waals surface area (Å²) in [5, 5.41) is 19.1. The van der Waals surface area contributed by atoms with Crippen LogP contribution in [-0.2, 0) is 0 Å². The Morgan fingerprint density at radius 3 is 2.62 bits per heavy atom. The van der Waals surface area contributed by atoms with Crippen LogP contribution in [0.4, 0.5) is 5.69 Å². The summed E-state index contributed by atoms with van der Waals surface area (Å²) in [4.78, 5) is 21.1. The zero-order valence-corrected chi connectivity index (χ0v) is 7.81. The normalized spacial score (nSPS) is 9.69. The molecule has 0 saturated carbocycles. The van der Waals surface area contributed by atoms with Crippen LogP contribution in [0.25, 0.3) is 5.95 Å². The Morgan fingerprint density at radius 2 is 2.06 bits per heavy atom. The van der Waals surface area contributed by atoms with Crippen LogP contribution in [0, 0.1) is 21.4 Å². The number of rotatable bonds is 2. The predicted molar refractivity (Wildman–Crippen MR) is 50.5 cm³/mol. The second kappa shape index (κ2) is 3.74. The quantitative estimate of drug-likeness (QED) is 0.532. The van der Waals surface area contributed by atoms with Gasteiger partial charge in [-0.15, -0.1) is 0 Å². The van der Waals surface area contributed by atoms with E-state index >= 15 is 0 Å². The van der Waals surface area contributed by atoms with E-state index in [2.05, 4.69) is 15.0 Å². The number of hydrogen-bond donors (Lipinski definition) is 0. The minimum absolute atomic E-state index is 0.119. The molecule has 0 aliphatic rings. The van der Waals surface area contributed by atoms with Gasteiger partial charge in [-0.2, -0.15) is 5.26 Å². The average molecular weight is 216 g/mol. The number of nitriles is 1. The van der Waals surface area contributed by atoms with Crippen LogP contribution in [0.15, 0.2) is 24.8 Å². The number of aromatic nitrogens is 4. The number of nitrogens with zero attached hydrogens (tertiary/aromatic N) is 6. The van der Waals surface area contributed by atoms with E-state index < -0.39 is 4.92 Å². The average Bonchev–Trinajstić information content (AvgIpc) is 2.77. The van der Waals surface area contributed by atoms with Crippen molar-refractivity contribution < 1.29 is 4.92 Å². The van der Waals surface area contributed by atoms with Crippen molar-refractivity contribution in [2.75, 3.05) is 0 Å². The Morgan fingerprint density at radius 1 is 1.38 bits per heavy atom. The highest BCUT2D eigenvalue weighted by Crippen LogP contribution is 2.09. The van der Waals surface area contributed by atoms with Gasteiger partial charge in [-0.3, -0.25) is 14.7 Å². The SMILES string of the molecule is N#Cc1nccn1-c1ncc([N+](=O)[O-])cn1. The van der Waals surface area contributed by atoms with Crippen molar-refractivity contribution in [2.24, 2.45) is 0 Å². The molecule has 78 valence electrons. The Hall–Kier alpha value is -2.82. The number of hydrogen-bond acceptors (Lipinski definition) is 6. The molecule has 0 bridgehead atoms. The number of nitro groups is 1. The van der Waals surface area contributed by atoms with Crippen molar-refractivity contribution in [3.05, 3.63) is 40.7 Å². The molecule has 0 spiro atoms. The monoisotopic (exact) mass is 216 g/mol. The van der Waals surface area contributed by atoms with Gasteiger partial charge in [0, 0.05) is 12.4 Å². The van der Waals surface area contributed by atoms with E-state index in [4.69, 9.17) is 5.26 Å². The van der Waals surface area contributed by atoms with E-state index in [0.29, 0.717) is 0 Å². The molecule has 8 heteroatoms. The summed E-state index contributed by atoms with van der Waals surface area (Å²) in [6.45, 7) is 0. The molecule has 0 aliphatic heterocycles. The fourth-order valence-corrected chi connectivity index (χ4v) is 1.08. The van der Waals surface area contributed by atoms with Gasteiger partial charge in [0.05, 0.1) is 4.92 Å². The summed E-state index contributed by atoms with van der Waals surface area (Å²) in [6.07, 6.45) is 5.07. The first-order chi connectivity index (χ1) is 7.72. The van der Waals surface area contributed by atoms with E-state index in [0.717, 1.165) is 12.4 Å². The van der Waals surface area contributed by atoms with Gasteiger partial charge in [0.15, 0.2) is 0 Å². The fourth-order valence-electron chi connectivity index (χ4n) is 1.08. The first-order valence-electron chi connectivity index (χ1n) is 4.12. The minimum atomic E-state index is -0.594. The highest BCUT2D eigenvalue weighted by molar-refractivity contribution is 5.28. The van der Waals surface area contributed by atoms with Crippen LogP contribution in [0.5, 0.6) is 0 Å². The molecule has 2 aromatic rings. The molecule has 0 aliphatic carbocycles. The third-order valence-corrected chi connectivity index (χ3v) is 1.79. The van der Waals surface area contributed by atoms with Crippen molar-refractivity contribution in [2.45, 2.75) is 0 Å². The van der Waals surface area contributed by atoms with Gasteiger partial charge in [0.25, 0.3) is 0 Å². The molecule has 2 heterocycles. The summed E-state index contributed by atoms with van der Waals surface area (Å²) in [6, 6.07) is 1.85.